The number of alkyl halides is 1. The molecule has 148 valence electrons. The van der Waals surface area contributed by atoms with E-state index in [1.807, 2.05) is 42.5 Å². The fourth-order valence-corrected chi connectivity index (χ4v) is 3.49. The number of hydrogen-bond donors (Lipinski definition) is 0. The average molecular weight is 402 g/mol. The highest BCUT2D eigenvalue weighted by Gasteiger charge is 2.32. The first-order chi connectivity index (χ1) is 13.6. The smallest absolute Gasteiger partial charge is 0.242 e. The molecule has 0 aromatic heterocycles. The Bertz CT molecular complexity index is 852. The van der Waals surface area contributed by atoms with Crippen molar-refractivity contribution in [2.75, 3.05) is 24.2 Å². The Labute approximate surface area is 170 Å². The monoisotopic (exact) mass is 401 g/mol. The SMILES string of the molecule is C=CCOc1ccccc1C(C(C)C)N(C(=O)CCl)c1ccc2c(c1)OCO2. The first-order valence-electron chi connectivity index (χ1n) is 9.17. The summed E-state index contributed by atoms with van der Waals surface area (Å²) in [7, 11) is 0. The van der Waals surface area contributed by atoms with Crippen molar-refractivity contribution in [1.82, 2.24) is 0 Å². The van der Waals surface area contributed by atoms with Gasteiger partial charge in [-0.15, -0.1) is 11.6 Å². The second kappa shape index (κ2) is 9.02. The number of carbonyl (C=O) groups is 1. The predicted octanol–water partition coefficient (Wildman–Crippen LogP) is 4.95. The molecule has 2 aromatic carbocycles. The lowest BCUT2D eigenvalue weighted by molar-refractivity contribution is -0.117. The van der Waals surface area contributed by atoms with Gasteiger partial charge in [-0.25, -0.2) is 0 Å². The number of rotatable bonds is 8. The first kappa shape index (κ1) is 20.1. The number of carbonyl (C=O) groups excluding carboxylic acids is 1. The van der Waals surface area contributed by atoms with Gasteiger partial charge in [-0.3, -0.25) is 4.79 Å². The van der Waals surface area contributed by atoms with E-state index in [1.165, 1.54) is 0 Å². The number of hydrogen-bond acceptors (Lipinski definition) is 4. The van der Waals surface area contributed by atoms with Gasteiger partial charge >= 0.3 is 0 Å². The third-order valence-corrected chi connectivity index (χ3v) is 4.75. The van der Waals surface area contributed by atoms with Crippen LogP contribution in [0.2, 0.25) is 0 Å². The van der Waals surface area contributed by atoms with E-state index < -0.39 is 0 Å². The van der Waals surface area contributed by atoms with Crippen LogP contribution in [0, 0.1) is 5.92 Å². The quantitative estimate of drug-likeness (QED) is 0.464. The van der Waals surface area contributed by atoms with Gasteiger partial charge in [0.15, 0.2) is 11.5 Å². The van der Waals surface area contributed by atoms with Crippen molar-refractivity contribution in [2.45, 2.75) is 19.9 Å². The summed E-state index contributed by atoms with van der Waals surface area (Å²) in [6.45, 7) is 8.40. The molecule has 0 spiro atoms. The molecule has 6 heteroatoms. The number of amides is 1. The molecule has 1 atom stereocenters. The standard InChI is InChI=1S/C22H24ClNO4/c1-4-11-26-18-8-6-5-7-17(18)22(15(2)3)24(21(25)13-23)16-9-10-19-20(12-16)28-14-27-19/h4-10,12,15,22H,1,11,13-14H2,2-3H3. The molecule has 1 aliphatic rings. The van der Waals surface area contributed by atoms with E-state index in [-0.39, 0.29) is 30.5 Å². The first-order valence-corrected chi connectivity index (χ1v) is 9.70. The molecule has 5 nitrogen and oxygen atoms in total. The molecule has 28 heavy (non-hydrogen) atoms. The van der Waals surface area contributed by atoms with Crippen molar-refractivity contribution < 1.29 is 19.0 Å². The van der Waals surface area contributed by atoms with E-state index in [1.54, 1.807) is 11.0 Å². The van der Waals surface area contributed by atoms with Crippen molar-refractivity contribution >= 4 is 23.2 Å². The van der Waals surface area contributed by atoms with Gasteiger partial charge in [-0.1, -0.05) is 44.7 Å². The highest BCUT2D eigenvalue weighted by Crippen LogP contribution is 2.41. The third-order valence-electron chi connectivity index (χ3n) is 4.52. The van der Waals surface area contributed by atoms with E-state index in [0.717, 1.165) is 5.56 Å². The summed E-state index contributed by atoms with van der Waals surface area (Å²) in [6.07, 6.45) is 1.70. The number of fused-ring (bicyclic) bond motifs is 1. The summed E-state index contributed by atoms with van der Waals surface area (Å²) >= 11 is 5.98. The van der Waals surface area contributed by atoms with Crippen LogP contribution in [0.1, 0.15) is 25.5 Å². The topological polar surface area (TPSA) is 48.0 Å². The van der Waals surface area contributed by atoms with E-state index in [2.05, 4.69) is 20.4 Å². The van der Waals surface area contributed by atoms with Crippen LogP contribution in [0.3, 0.4) is 0 Å². The van der Waals surface area contributed by atoms with Crippen LogP contribution in [0.15, 0.2) is 55.1 Å². The second-order valence-corrected chi connectivity index (χ2v) is 7.03. The molecule has 1 unspecified atom stereocenters. The number of para-hydroxylation sites is 1. The van der Waals surface area contributed by atoms with Crippen molar-refractivity contribution in [1.29, 1.82) is 0 Å². The molecule has 0 N–H and O–H groups in total. The zero-order valence-corrected chi connectivity index (χ0v) is 16.8. The number of nitrogens with zero attached hydrogens (tertiary/aromatic N) is 1. The molecule has 0 aliphatic carbocycles. The van der Waals surface area contributed by atoms with Crippen LogP contribution in [-0.2, 0) is 4.79 Å². The van der Waals surface area contributed by atoms with E-state index in [9.17, 15) is 4.79 Å². The lowest BCUT2D eigenvalue weighted by Gasteiger charge is -2.35. The largest absolute Gasteiger partial charge is 0.489 e. The Kier molecular flexibility index (Phi) is 6.47. The summed E-state index contributed by atoms with van der Waals surface area (Å²) in [5, 5.41) is 0. The van der Waals surface area contributed by atoms with Crippen molar-refractivity contribution in [3.8, 4) is 17.2 Å². The third kappa shape index (κ3) is 4.09. The zero-order chi connectivity index (χ0) is 20.1. The number of halogens is 1. The molecule has 3 rings (SSSR count). The summed E-state index contributed by atoms with van der Waals surface area (Å²) < 4.78 is 16.7. The van der Waals surface area contributed by atoms with Crippen LogP contribution in [0.5, 0.6) is 17.2 Å². The number of anilines is 1. The van der Waals surface area contributed by atoms with Crippen LogP contribution in [-0.4, -0.2) is 25.2 Å². The van der Waals surface area contributed by atoms with Gasteiger partial charge < -0.3 is 19.1 Å². The fraction of sp³-hybridized carbons (Fsp3) is 0.318. The Morgan fingerprint density at radius 2 is 2.00 bits per heavy atom. The molecule has 1 aliphatic heterocycles. The van der Waals surface area contributed by atoms with E-state index in [0.29, 0.717) is 29.5 Å². The predicted molar refractivity (Wildman–Crippen MR) is 110 cm³/mol. The van der Waals surface area contributed by atoms with Crippen molar-refractivity contribution in [3.05, 3.63) is 60.7 Å². The van der Waals surface area contributed by atoms with Crippen LogP contribution in [0.25, 0.3) is 0 Å². The van der Waals surface area contributed by atoms with Gasteiger partial charge in [0.1, 0.15) is 18.2 Å². The molecule has 0 saturated heterocycles. The highest BCUT2D eigenvalue weighted by atomic mass is 35.5. The molecule has 0 saturated carbocycles. The maximum absolute atomic E-state index is 12.9. The molecule has 0 radical (unpaired) electrons. The maximum atomic E-state index is 12.9. The molecule has 1 heterocycles. The minimum atomic E-state index is -0.271. The van der Waals surface area contributed by atoms with Gasteiger partial charge in [0, 0.05) is 17.3 Å². The Morgan fingerprint density at radius 1 is 1.25 bits per heavy atom. The summed E-state index contributed by atoms with van der Waals surface area (Å²) in [5.74, 6) is 1.77. The highest BCUT2D eigenvalue weighted by molar-refractivity contribution is 6.29. The Hall–Kier alpha value is -2.66. The molecule has 2 aromatic rings. The lowest BCUT2D eigenvalue weighted by atomic mass is 9.92. The Balaban J connectivity index is 2.08. The second-order valence-electron chi connectivity index (χ2n) is 6.76. The number of benzene rings is 2. The molecule has 0 bridgehead atoms. The fourth-order valence-electron chi connectivity index (χ4n) is 3.36. The van der Waals surface area contributed by atoms with E-state index >= 15 is 0 Å². The number of ether oxygens (including phenoxy) is 3. The van der Waals surface area contributed by atoms with Gasteiger partial charge in [-0.2, -0.15) is 0 Å². The lowest BCUT2D eigenvalue weighted by Crippen LogP contribution is -2.38. The van der Waals surface area contributed by atoms with Gasteiger partial charge in [0.05, 0.1) is 6.04 Å². The average Bonchev–Trinajstić information content (AvgIpc) is 3.17. The van der Waals surface area contributed by atoms with Gasteiger partial charge in [-0.05, 0) is 24.1 Å². The van der Waals surface area contributed by atoms with Crippen LogP contribution < -0.4 is 19.1 Å². The molecular weight excluding hydrogens is 378 g/mol. The molecule has 0 fully saturated rings. The molecular formula is C22H24ClNO4. The van der Waals surface area contributed by atoms with Crippen molar-refractivity contribution in [3.63, 3.8) is 0 Å². The van der Waals surface area contributed by atoms with Gasteiger partial charge in [0.25, 0.3) is 0 Å². The van der Waals surface area contributed by atoms with Gasteiger partial charge in [0.2, 0.25) is 12.7 Å². The molecule has 1 amide bonds. The summed E-state index contributed by atoms with van der Waals surface area (Å²) in [4.78, 5) is 14.6. The van der Waals surface area contributed by atoms with Crippen LogP contribution in [0.4, 0.5) is 5.69 Å². The van der Waals surface area contributed by atoms with E-state index in [4.69, 9.17) is 25.8 Å². The minimum absolute atomic E-state index is 0.103. The summed E-state index contributed by atoms with van der Waals surface area (Å²) in [6, 6.07) is 12.9. The van der Waals surface area contributed by atoms with Crippen LogP contribution >= 0.6 is 11.6 Å². The maximum Gasteiger partial charge on any atom is 0.242 e. The normalized spacial score (nSPS) is 13.3. The van der Waals surface area contributed by atoms with Crippen molar-refractivity contribution in [2.24, 2.45) is 5.92 Å². The Morgan fingerprint density at radius 3 is 2.71 bits per heavy atom. The zero-order valence-electron chi connectivity index (χ0n) is 16.1. The minimum Gasteiger partial charge on any atom is -0.489 e. The summed E-state index contributed by atoms with van der Waals surface area (Å²) in [5.41, 5.74) is 1.61.